The molecule has 2 aromatic heterocycles. The Labute approximate surface area is 141 Å². The molecule has 124 valence electrons. The van der Waals surface area contributed by atoms with Gasteiger partial charge < -0.3 is 14.6 Å². The highest BCUT2D eigenvalue weighted by atomic mass is 16.3. The second-order valence-corrected chi connectivity index (χ2v) is 7.04. The van der Waals surface area contributed by atoms with Crippen molar-refractivity contribution in [3.05, 3.63) is 53.9 Å². The van der Waals surface area contributed by atoms with Gasteiger partial charge in [-0.3, -0.25) is 0 Å². The van der Waals surface area contributed by atoms with Gasteiger partial charge in [0.25, 0.3) is 0 Å². The van der Waals surface area contributed by atoms with Crippen LogP contribution in [0.5, 0.6) is 0 Å². The molecule has 5 heteroatoms. The van der Waals surface area contributed by atoms with Gasteiger partial charge in [0.05, 0.1) is 13.1 Å². The standard InChI is InChI=1S/C19H22N4O/c1-13(2)14-4-6-16(7-5-14)19(24)11-23(12-19)18-20-10-15-8-9-22(3)17(15)21-18/h4-10,13,24H,11-12H2,1-3H3. The first-order valence-corrected chi connectivity index (χ1v) is 8.32. The van der Waals surface area contributed by atoms with Crippen molar-refractivity contribution in [3.63, 3.8) is 0 Å². The van der Waals surface area contributed by atoms with Crippen LogP contribution < -0.4 is 4.90 Å². The molecule has 1 aliphatic rings. The molecule has 1 fully saturated rings. The van der Waals surface area contributed by atoms with E-state index in [1.54, 1.807) is 0 Å². The first-order valence-electron chi connectivity index (χ1n) is 8.32. The molecule has 5 nitrogen and oxygen atoms in total. The molecule has 1 aliphatic heterocycles. The molecule has 0 atom stereocenters. The van der Waals surface area contributed by atoms with Gasteiger partial charge in [0.2, 0.25) is 5.95 Å². The summed E-state index contributed by atoms with van der Waals surface area (Å²) < 4.78 is 1.98. The second-order valence-electron chi connectivity index (χ2n) is 7.04. The summed E-state index contributed by atoms with van der Waals surface area (Å²) >= 11 is 0. The molecule has 1 saturated heterocycles. The van der Waals surface area contributed by atoms with E-state index in [1.807, 2.05) is 47.1 Å². The van der Waals surface area contributed by atoms with Crippen LogP contribution in [0.2, 0.25) is 0 Å². The normalized spacial score (nSPS) is 16.6. The van der Waals surface area contributed by atoms with Crippen LogP contribution in [0.15, 0.2) is 42.7 Å². The smallest absolute Gasteiger partial charge is 0.227 e. The summed E-state index contributed by atoms with van der Waals surface area (Å²) in [5.74, 6) is 1.17. The van der Waals surface area contributed by atoms with Crippen LogP contribution in [0.3, 0.4) is 0 Å². The maximum atomic E-state index is 10.9. The van der Waals surface area contributed by atoms with E-state index < -0.39 is 5.60 Å². The minimum atomic E-state index is -0.817. The summed E-state index contributed by atoms with van der Waals surface area (Å²) in [5, 5.41) is 11.9. The highest BCUT2D eigenvalue weighted by Crippen LogP contribution is 2.34. The largest absolute Gasteiger partial charge is 0.381 e. The lowest BCUT2D eigenvalue weighted by Crippen LogP contribution is -2.60. The molecule has 0 saturated carbocycles. The van der Waals surface area contributed by atoms with Crippen molar-refractivity contribution in [1.29, 1.82) is 0 Å². The highest BCUT2D eigenvalue weighted by Gasteiger charge is 2.44. The number of hydrogen-bond acceptors (Lipinski definition) is 4. The van der Waals surface area contributed by atoms with E-state index in [9.17, 15) is 5.11 Å². The van der Waals surface area contributed by atoms with Crippen molar-refractivity contribution in [3.8, 4) is 0 Å². The Morgan fingerprint density at radius 2 is 1.83 bits per heavy atom. The molecule has 3 aromatic rings. The number of aryl methyl sites for hydroxylation is 1. The van der Waals surface area contributed by atoms with Crippen molar-refractivity contribution < 1.29 is 5.11 Å². The van der Waals surface area contributed by atoms with Crippen molar-refractivity contribution in [1.82, 2.24) is 14.5 Å². The Morgan fingerprint density at radius 3 is 2.50 bits per heavy atom. The summed E-state index contributed by atoms with van der Waals surface area (Å²) in [6.45, 7) is 5.38. The van der Waals surface area contributed by atoms with E-state index in [0.717, 1.165) is 16.6 Å². The summed E-state index contributed by atoms with van der Waals surface area (Å²) in [4.78, 5) is 11.1. The predicted octanol–water partition coefficient (Wildman–Crippen LogP) is 2.80. The summed E-state index contributed by atoms with van der Waals surface area (Å²) in [6, 6.07) is 10.3. The molecular weight excluding hydrogens is 300 g/mol. The van der Waals surface area contributed by atoms with Crippen LogP contribution in [0.4, 0.5) is 5.95 Å². The van der Waals surface area contributed by atoms with Gasteiger partial charge in [-0.1, -0.05) is 38.1 Å². The number of aliphatic hydroxyl groups is 1. The summed E-state index contributed by atoms with van der Waals surface area (Å²) in [7, 11) is 1.97. The molecule has 0 spiro atoms. The fourth-order valence-corrected chi connectivity index (χ4v) is 3.28. The van der Waals surface area contributed by atoms with Gasteiger partial charge in [-0.25, -0.2) is 4.98 Å². The monoisotopic (exact) mass is 322 g/mol. The van der Waals surface area contributed by atoms with Crippen LogP contribution in [-0.2, 0) is 12.6 Å². The maximum Gasteiger partial charge on any atom is 0.227 e. The van der Waals surface area contributed by atoms with Crippen LogP contribution in [0.25, 0.3) is 11.0 Å². The van der Waals surface area contributed by atoms with Crippen molar-refractivity contribution >= 4 is 17.0 Å². The average Bonchev–Trinajstić information content (AvgIpc) is 2.92. The molecule has 1 aromatic carbocycles. The number of nitrogens with zero attached hydrogens (tertiary/aromatic N) is 4. The van der Waals surface area contributed by atoms with Gasteiger partial charge in [-0.05, 0) is 23.1 Å². The zero-order chi connectivity index (χ0) is 16.9. The van der Waals surface area contributed by atoms with Crippen molar-refractivity contribution in [2.24, 2.45) is 7.05 Å². The van der Waals surface area contributed by atoms with Gasteiger partial charge >= 0.3 is 0 Å². The maximum absolute atomic E-state index is 10.9. The molecular formula is C19H22N4O. The minimum Gasteiger partial charge on any atom is -0.381 e. The van der Waals surface area contributed by atoms with Crippen LogP contribution in [0.1, 0.15) is 30.9 Å². The number of β-amino-alcohol motifs (C(OH)–C–C–N with tert-alkyl or cyclic N) is 1. The van der Waals surface area contributed by atoms with E-state index in [1.165, 1.54) is 5.56 Å². The summed E-state index contributed by atoms with van der Waals surface area (Å²) in [6.07, 6.45) is 3.82. The lowest BCUT2D eigenvalue weighted by Gasteiger charge is -2.46. The number of hydrogen-bond donors (Lipinski definition) is 1. The zero-order valence-corrected chi connectivity index (χ0v) is 14.3. The fraction of sp³-hybridized carbons (Fsp3) is 0.368. The molecule has 0 amide bonds. The lowest BCUT2D eigenvalue weighted by atomic mass is 9.85. The Morgan fingerprint density at radius 1 is 1.12 bits per heavy atom. The Bertz CT molecular complexity index is 876. The molecule has 4 rings (SSSR count). The fourth-order valence-electron chi connectivity index (χ4n) is 3.28. The topological polar surface area (TPSA) is 54.2 Å². The predicted molar refractivity (Wildman–Crippen MR) is 95.1 cm³/mol. The Kier molecular flexibility index (Phi) is 3.35. The quantitative estimate of drug-likeness (QED) is 0.805. The first-order chi connectivity index (χ1) is 11.5. The Hall–Kier alpha value is -2.40. The number of anilines is 1. The van der Waals surface area contributed by atoms with Gasteiger partial charge in [0.15, 0.2) is 0 Å². The number of fused-ring (bicyclic) bond motifs is 1. The molecule has 0 unspecified atom stereocenters. The average molecular weight is 322 g/mol. The van der Waals surface area contributed by atoms with Gasteiger partial charge in [0, 0.05) is 24.8 Å². The molecule has 1 N–H and O–H groups in total. The first kappa shape index (κ1) is 15.1. The van der Waals surface area contributed by atoms with E-state index in [2.05, 4.69) is 35.9 Å². The van der Waals surface area contributed by atoms with E-state index >= 15 is 0 Å². The number of aromatic nitrogens is 3. The minimum absolute atomic E-state index is 0.497. The van der Waals surface area contributed by atoms with Crippen LogP contribution in [0, 0.1) is 0 Å². The van der Waals surface area contributed by atoms with Gasteiger partial charge in [0.1, 0.15) is 11.2 Å². The van der Waals surface area contributed by atoms with E-state index in [-0.39, 0.29) is 0 Å². The molecule has 3 heterocycles. The third-order valence-electron chi connectivity index (χ3n) is 4.90. The Balaban J connectivity index is 1.54. The number of rotatable bonds is 3. The molecule has 0 bridgehead atoms. The van der Waals surface area contributed by atoms with E-state index in [0.29, 0.717) is 25.0 Å². The highest BCUT2D eigenvalue weighted by molar-refractivity contribution is 5.76. The van der Waals surface area contributed by atoms with Gasteiger partial charge in [-0.2, -0.15) is 4.98 Å². The van der Waals surface area contributed by atoms with Crippen molar-refractivity contribution in [2.75, 3.05) is 18.0 Å². The molecule has 0 aliphatic carbocycles. The SMILES string of the molecule is CC(C)c1ccc(C2(O)CN(c3ncc4ccn(C)c4n3)C2)cc1. The number of benzene rings is 1. The zero-order valence-electron chi connectivity index (χ0n) is 14.3. The molecule has 24 heavy (non-hydrogen) atoms. The van der Waals surface area contributed by atoms with Gasteiger partial charge in [-0.15, -0.1) is 0 Å². The molecule has 0 radical (unpaired) electrons. The van der Waals surface area contributed by atoms with Crippen LogP contribution in [-0.4, -0.2) is 32.7 Å². The second kappa shape index (κ2) is 5.31. The van der Waals surface area contributed by atoms with E-state index in [4.69, 9.17) is 0 Å². The van der Waals surface area contributed by atoms with Crippen LogP contribution >= 0.6 is 0 Å². The third-order valence-corrected chi connectivity index (χ3v) is 4.90. The summed E-state index contributed by atoms with van der Waals surface area (Å²) in [5.41, 5.74) is 2.35. The third kappa shape index (κ3) is 2.36. The lowest BCUT2D eigenvalue weighted by molar-refractivity contribution is 0.00655. The van der Waals surface area contributed by atoms with Crippen molar-refractivity contribution in [2.45, 2.75) is 25.4 Å².